The zero-order chi connectivity index (χ0) is 41.5. The molecule has 0 radical (unpaired) electrons. The quantitative estimate of drug-likeness (QED) is 0.173. The fraction of sp³-hybridized carbons (Fsp3) is 0.0169. The van der Waals surface area contributed by atoms with Crippen LogP contribution in [-0.4, -0.2) is 9.97 Å². The number of nitrogens with zero attached hydrogens (tertiary/aromatic N) is 3. The molecule has 3 heterocycles. The third-order valence-electron chi connectivity index (χ3n) is 13.1. The summed E-state index contributed by atoms with van der Waals surface area (Å²) in [7, 11) is 0. The van der Waals surface area contributed by atoms with Crippen molar-refractivity contribution in [1.82, 2.24) is 9.97 Å². The lowest BCUT2D eigenvalue weighted by atomic mass is 9.64. The van der Waals surface area contributed by atoms with Gasteiger partial charge < -0.3 is 4.90 Å². The Kier molecular flexibility index (Phi) is 7.99. The van der Waals surface area contributed by atoms with Gasteiger partial charge in [-0.25, -0.2) is 9.97 Å². The molecule has 0 saturated carbocycles. The summed E-state index contributed by atoms with van der Waals surface area (Å²) in [4.78, 5) is 12.9. The predicted molar refractivity (Wildman–Crippen MR) is 262 cm³/mol. The fourth-order valence-electron chi connectivity index (χ4n) is 10.3. The van der Waals surface area contributed by atoms with Crippen molar-refractivity contribution < 1.29 is 0 Å². The van der Waals surface area contributed by atoms with Gasteiger partial charge in [0.25, 0.3) is 0 Å². The molecule has 4 heteroatoms. The summed E-state index contributed by atoms with van der Waals surface area (Å²) in [6.45, 7) is 0. The highest BCUT2D eigenvalue weighted by atomic mass is 32.1. The molecule has 0 saturated heterocycles. The van der Waals surface area contributed by atoms with Gasteiger partial charge in [-0.1, -0.05) is 170 Å². The first-order valence-electron chi connectivity index (χ1n) is 21.5. The number of rotatable bonds is 5. The smallest absolute Gasteiger partial charge is 0.160 e. The van der Waals surface area contributed by atoms with Crippen LogP contribution in [0.25, 0.3) is 76.3 Å². The van der Waals surface area contributed by atoms with Crippen molar-refractivity contribution >= 4 is 48.6 Å². The Morgan fingerprint density at radius 2 is 0.905 bits per heavy atom. The molecule has 1 aliphatic heterocycles. The molecule has 0 amide bonds. The van der Waals surface area contributed by atoms with Gasteiger partial charge in [0.2, 0.25) is 0 Å². The van der Waals surface area contributed by atoms with Gasteiger partial charge in [0, 0.05) is 42.6 Å². The molecule has 11 aromatic rings. The lowest BCUT2D eigenvalue weighted by Crippen LogP contribution is -2.36. The van der Waals surface area contributed by atoms with Crippen LogP contribution >= 0.6 is 11.3 Å². The summed E-state index contributed by atoms with van der Waals surface area (Å²) in [5.41, 5.74) is 18.0. The zero-order valence-electron chi connectivity index (χ0n) is 34.1. The SMILES string of the molecule is c1ccc(-c2nc(-c3cccc(-c4ccc5c(c4)-c4ccccc4C54c5ccccc5N(c5ccccc5)c5ccccc54)c3)cc(-c3ccc4c(c3)sc3ccccc34)n2)cc1. The average Bonchev–Trinajstić information content (AvgIpc) is 3.88. The molecular weight excluding hydrogens is 783 g/mol. The van der Waals surface area contributed by atoms with E-state index in [0.717, 1.165) is 39.3 Å². The van der Waals surface area contributed by atoms with Gasteiger partial charge in [0.15, 0.2) is 5.82 Å². The standard InChI is InChI=1S/C59H37N3S/c1-3-16-38(17-4-1)58-60-52(37-53(61-58)42-30-32-46-45-23-8-14-29-56(45)63-57(46)36-42)41-19-15-18-39(34-41)40-31-33-49-47(35-40)44-22-7-9-24-48(44)59(49)50-25-10-12-27-54(50)62(43-20-5-2-6-21-43)55-28-13-11-26-51(55)59/h1-37H. The van der Waals surface area contributed by atoms with E-state index < -0.39 is 5.41 Å². The van der Waals surface area contributed by atoms with Gasteiger partial charge >= 0.3 is 0 Å². The van der Waals surface area contributed by atoms with Crippen molar-refractivity contribution in [3.63, 3.8) is 0 Å². The third kappa shape index (κ3) is 5.45. The predicted octanol–water partition coefficient (Wildman–Crippen LogP) is 15.7. The second-order valence-corrected chi connectivity index (χ2v) is 17.6. The summed E-state index contributed by atoms with van der Waals surface area (Å²) >= 11 is 1.83. The molecule has 1 aliphatic carbocycles. The van der Waals surface area contributed by atoms with Crippen LogP contribution in [0.1, 0.15) is 22.3 Å². The second kappa shape index (κ2) is 14.1. The third-order valence-corrected chi connectivity index (χ3v) is 14.2. The number of para-hydroxylation sites is 3. The van der Waals surface area contributed by atoms with Crippen molar-refractivity contribution in [2.45, 2.75) is 5.41 Å². The molecule has 294 valence electrons. The molecule has 3 nitrogen and oxygen atoms in total. The Morgan fingerprint density at radius 1 is 0.349 bits per heavy atom. The highest BCUT2D eigenvalue weighted by molar-refractivity contribution is 7.25. The lowest BCUT2D eigenvalue weighted by Gasteiger charge is -2.45. The summed E-state index contributed by atoms with van der Waals surface area (Å²) in [6.07, 6.45) is 0. The Balaban J connectivity index is 0.956. The number of fused-ring (bicyclic) bond motifs is 12. The number of hydrogen-bond acceptors (Lipinski definition) is 4. The molecule has 0 unspecified atom stereocenters. The van der Waals surface area contributed by atoms with Crippen molar-refractivity contribution in [3.05, 3.63) is 247 Å². The maximum Gasteiger partial charge on any atom is 0.160 e. The van der Waals surface area contributed by atoms with E-state index in [1.807, 2.05) is 17.4 Å². The fourth-order valence-corrected chi connectivity index (χ4v) is 11.5. The van der Waals surface area contributed by atoms with Gasteiger partial charge in [-0.05, 0) is 99.1 Å². The van der Waals surface area contributed by atoms with E-state index in [9.17, 15) is 0 Å². The molecule has 0 atom stereocenters. The first-order chi connectivity index (χ1) is 31.2. The highest BCUT2D eigenvalue weighted by Gasteiger charge is 2.51. The van der Waals surface area contributed by atoms with E-state index in [0.29, 0.717) is 5.82 Å². The van der Waals surface area contributed by atoms with E-state index in [2.05, 4.69) is 223 Å². The number of aromatic nitrogens is 2. The van der Waals surface area contributed by atoms with Crippen LogP contribution in [0.3, 0.4) is 0 Å². The number of hydrogen-bond donors (Lipinski definition) is 0. The monoisotopic (exact) mass is 819 g/mol. The minimum atomic E-state index is -0.491. The van der Waals surface area contributed by atoms with E-state index >= 15 is 0 Å². The molecule has 1 spiro atoms. The maximum atomic E-state index is 5.23. The normalized spacial score (nSPS) is 13.2. The summed E-state index contributed by atoms with van der Waals surface area (Å²) < 4.78 is 2.55. The van der Waals surface area contributed by atoms with Gasteiger partial charge in [-0.15, -0.1) is 11.3 Å². The topological polar surface area (TPSA) is 29.0 Å². The van der Waals surface area contributed by atoms with Crippen LogP contribution in [0.5, 0.6) is 0 Å². The van der Waals surface area contributed by atoms with E-state index in [4.69, 9.17) is 9.97 Å². The molecule has 63 heavy (non-hydrogen) atoms. The molecule has 13 rings (SSSR count). The van der Waals surface area contributed by atoms with E-state index in [1.54, 1.807) is 0 Å². The van der Waals surface area contributed by atoms with Gasteiger partial charge in [-0.3, -0.25) is 0 Å². The minimum Gasteiger partial charge on any atom is -0.310 e. The van der Waals surface area contributed by atoms with E-state index in [1.165, 1.54) is 70.5 Å². The number of thiophene rings is 1. The van der Waals surface area contributed by atoms with Crippen molar-refractivity contribution in [3.8, 4) is 56.2 Å². The number of benzene rings is 9. The van der Waals surface area contributed by atoms with Crippen molar-refractivity contribution in [2.24, 2.45) is 0 Å². The molecule has 2 aromatic heterocycles. The summed E-state index contributed by atoms with van der Waals surface area (Å²) in [5.74, 6) is 0.711. The minimum absolute atomic E-state index is 0.491. The Hall–Kier alpha value is -7.92. The summed E-state index contributed by atoms with van der Waals surface area (Å²) in [6, 6.07) is 81.6. The molecule has 0 N–H and O–H groups in total. The Labute approximate surface area is 369 Å². The Bertz CT molecular complexity index is 3540. The van der Waals surface area contributed by atoms with Crippen molar-refractivity contribution in [1.29, 1.82) is 0 Å². The summed E-state index contributed by atoms with van der Waals surface area (Å²) in [5, 5.41) is 2.57. The van der Waals surface area contributed by atoms with Gasteiger partial charge in [-0.2, -0.15) is 0 Å². The molecule has 2 aliphatic rings. The van der Waals surface area contributed by atoms with Crippen LogP contribution in [0.2, 0.25) is 0 Å². The molecule has 0 fully saturated rings. The maximum absolute atomic E-state index is 5.23. The van der Waals surface area contributed by atoms with Crippen LogP contribution in [-0.2, 0) is 5.41 Å². The zero-order valence-corrected chi connectivity index (χ0v) is 34.9. The average molecular weight is 820 g/mol. The first kappa shape index (κ1) is 35.8. The highest BCUT2D eigenvalue weighted by Crippen LogP contribution is 2.63. The van der Waals surface area contributed by atoms with Gasteiger partial charge in [0.1, 0.15) is 0 Å². The number of anilines is 3. The second-order valence-electron chi connectivity index (χ2n) is 16.5. The molecular formula is C59H37N3S. The van der Waals surface area contributed by atoms with Crippen molar-refractivity contribution in [2.75, 3.05) is 4.90 Å². The largest absolute Gasteiger partial charge is 0.310 e. The van der Waals surface area contributed by atoms with Gasteiger partial charge in [0.05, 0.1) is 28.2 Å². The van der Waals surface area contributed by atoms with E-state index in [-0.39, 0.29) is 0 Å². The van der Waals surface area contributed by atoms with Crippen LogP contribution in [0, 0.1) is 0 Å². The van der Waals surface area contributed by atoms with Crippen LogP contribution in [0.4, 0.5) is 17.1 Å². The first-order valence-corrected chi connectivity index (χ1v) is 22.3. The molecule has 9 aromatic carbocycles. The van der Waals surface area contributed by atoms with Crippen LogP contribution in [0.15, 0.2) is 224 Å². The molecule has 0 bridgehead atoms. The Morgan fingerprint density at radius 3 is 1.68 bits per heavy atom. The lowest BCUT2D eigenvalue weighted by molar-refractivity contribution is 0.753. The van der Waals surface area contributed by atoms with Crippen LogP contribution < -0.4 is 4.90 Å².